The Morgan fingerprint density at radius 2 is 1.82 bits per heavy atom. The van der Waals surface area contributed by atoms with Gasteiger partial charge in [-0.05, 0) is 36.2 Å². The normalized spacial score (nSPS) is 24.4. The Morgan fingerprint density at radius 3 is 2.57 bits per heavy atom. The maximum Gasteiger partial charge on any atom is 0.241 e. The molecule has 8 heteroatoms. The molecule has 0 N–H and O–H groups in total. The lowest BCUT2D eigenvalue weighted by Gasteiger charge is -2.43. The summed E-state index contributed by atoms with van der Waals surface area (Å²) in [6, 6.07) is 12.6. The highest BCUT2D eigenvalue weighted by Crippen LogP contribution is 2.32. The second kappa shape index (κ2) is 7.46. The highest BCUT2D eigenvalue weighted by molar-refractivity contribution is 7.91. The summed E-state index contributed by atoms with van der Waals surface area (Å²) in [5.41, 5.74) is 1.17. The van der Waals surface area contributed by atoms with Crippen LogP contribution in [0.1, 0.15) is 5.56 Å². The fourth-order valence-corrected chi connectivity index (χ4v) is 6.30. The number of carbonyl (C=O) groups excluding carboxylic acids is 1. The van der Waals surface area contributed by atoms with Crippen molar-refractivity contribution in [2.75, 3.05) is 29.5 Å². The van der Waals surface area contributed by atoms with E-state index in [4.69, 9.17) is 11.6 Å². The number of rotatable bonds is 4. The van der Waals surface area contributed by atoms with E-state index in [-0.39, 0.29) is 35.8 Å². The highest BCUT2D eigenvalue weighted by atomic mass is 35.5. The number of benzene rings is 2. The number of amides is 1. The average Bonchev–Trinajstić information content (AvgIpc) is 2.95. The molecule has 2 atom stereocenters. The Balaban J connectivity index is 1.60. The van der Waals surface area contributed by atoms with Crippen LogP contribution in [0, 0.1) is 5.82 Å². The first-order chi connectivity index (χ1) is 13.3. The molecule has 0 aromatic heterocycles. The van der Waals surface area contributed by atoms with Crippen molar-refractivity contribution < 1.29 is 17.6 Å². The summed E-state index contributed by atoms with van der Waals surface area (Å²) < 4.78 is 38.7. The first-order valence-electron chi connectivity index (χ1n) is 9.09. The maximum atomic E-state index is 13.9. The van der Waals surface area contributed by atoms with Gasteiger partial charge in [0.25, 0.3) is 0 Å². The van der Waals surface area contributed by atoms with E-state index in [9.17, 15) is 17.6 Å². The molecule has 2 aromatic rings. The van der Waals surface area contributed by atoms with Crippen LogP contribution in [0.4, 0.5) is 10.1 Å². The van der Waals surface area contributed by atoms with Crippen molar-refractivity contribution in [2.45, 2.75) is 18.5 Å². The first kappa shape index (κ1) is 19.4. The van der Waals surface area contributed by atoms with E-state index in [1.807, 2.05) is 4.90 Å². The van der Waals surface area contributed by atoms with Gasteiger partial charge in [0.2, 0.25) is 5.91 Å². The Bertz CT molecular complexity index is 1010. The maximum absolute atomic E-state index is 13.9. The molecule has 2 aliphatic heterocycles. The standard InChI is InChI=1S/C20H20ClFN2O3S/c21-15-5-3-6-16(10-15)24-19-13-28(26,27)12-18(19)23(11-20(24)25)9-8-14-4-1-2-7-17(14)22/h1-7,10,18-19H,8-9,11-13H2. The molecule has 148 valence electrons. The van der Waals surface area contributed by atoms with Gasteiger partial charge in [0.05, 0.1) is 24.1 Å². The van der Waals surface area contributed by atoms with Crippen molar-refractivity contribution >= 4 is 33.0 Å². The van der Waals surface area contributed by atoms with Gasteiger partial charge in [0.15, 0.2) is 9.84 Å². The molecule has 2 unspecified atom stereocenters. The molecule has 2 fully saturated rings. The van der Waals surface area contributed by atoms with Crippen LogP contribution < -0.4 is 4.90 Å². The second-order valence-electron chi connectivity index (χ2n) is 7.27. The van der Waals surface area contributed by atoms with Crippen molar-refractivity contribution in [3.05, 3.63) is 64.9 Å². The highest BCUT2D eigenvalue weighted by Gasteiger charge is 2.49. The van der Waals surface area contributed by atoms with Crippen molar-refractivity contribution in [1.29, 1.82) is 0 Å². The largest absolute Gasteiger partial charge is 0.306 e. The number of anilines is 1. The molecule has 0 saturated carbocycles. The molecule has 2 aliphatic rings. The smallest absolute Gasteiger partial charge is 0.241 e. The third-order valence-electron chi connectivity index (χ3n) is 5.41. The molecule has 28 heavy (non-hydrogen) atoms. The number of halogens is 2. The molecule has 2 aromatic carbocycles. The number of hydrogen-bond acceptors (Lipinski definition) is 4. The fraction of sp³-hybridized carbons (Fsp3) is 0.350. The number of nitrogens with zero attached hydrogens (tertiary/aromatic N) is 2. The molecule has 2 saturated heterocycles. The van der Waals surface area contributed by atoms with E-state index in [0.717, 1.165) is 0 Å². The van der Waals surface area contributed by atoms with Gasteiger partial charge in [0.1, 0.15) is 5.82 Å². The minimum absolute atomic E-state index is 0.000710. The van der Waals surface area contributed by atoms with Gasteiger partial charge in [-0.3, -0.25) is 9.69 Å². The van der Waals surface area contributed by atoms with E-state index in [0.29, 0.717) is 29.2 Å². The van der Waals surface area contributed by atoms with Crippen molar-refractivity contribution in [2.24, 2.45) is 0 Å². The number of carbonyl (C=O) groups is 1. The summed E-state index contributed by atoms with van der Waals surface area (Å²) in [4.78, 5) is 16.4. The van der Waals surface area contributed by atoms with Crippen LogP contribution >= 0.6 is 11.6 Å². The summed E-state index contributed by atoms with van der Waals surface area (Å²) in [5, 5.41) is 0.490. The zero-order valence-electron chi connectivity index (χ0n) is 15.1. The SMILES string of the molecule is O=C1CN(CCc2ccccc2F)C2CS(=O)(=O)CC2N1c1cccc(Cl)c1. The van der Waals surface area contributed by atoms with E-state index >= 15 is 0 Å². The number of piperazine rings is 1. The summed E-state index contributed by atoms with van der Waals surface area (Å²) >= 11 is 6.07. The zero-order chi connectivity index (χ0) is 19.9. The van der Waals surface area contributed by atoms with Gasteiger partial charge in [-0.1, -0.05) is 35.9 Å². The van der Waals surface area contributed by atoms with Crippen LogP contribution in [0.5, 0.6) is 0 Å². The van der Waals surface area contributed by atoms with Crippen LogP contribution in [-0.2, 0) is 21.1 Å². The monoisotopic (exact) mass is 422 g/mol. The van der Waals surface area contributed by atoms with Gasteiger partial charge >= 0.3 is 0 Å². The fourth-order valence-electron chi connectivity index (χ4n) is 4.13. The third-order valence-corrected chi connectivity index (χ3v) is 7.35. The number of hydrogen-bond donors (Lipinski definition) is 0. The van der Waals surface area contributed by atoms with Gasteiger partial charge < -0.3 is 4.90 Å². The lowest BCUT2D eigenvalue weighted by atomic mass is 10.0. The topological polar surface area (TPSA) is 57.7 Å². The quantitative estimate of drug-likeness (QED) is 0.759. The van der Waals surface area contributed by atoms with Crippen LogP contribution in [0.3, 0.4) is 0 Å². The lowest BCUT2D eigenvalue weighted by molar-refractivity contribution is -0.123. The Morgan fingerprint density at radius 1 is 1.07 bits per heavy atom. The van der Waals surface area contributed by atoms with Crippen molar-refractivity contribution in [3.8, 4) is 0 Å². The molecule has 0 aliphatic carbocycles. The van der Waals surface area contributed by atoms with E-state index in [1.54, 1.807) is 47.4 Å². The van der Waals surface area contributed by atoms with E-state index in [1.165, 1.54) is 6.07 Å². The van der Waals surface area contributed by atoms with E-state index in [2.05, 4.69) is 0 Å². The molecule has 1 amide bonds. The summed E-state index contributed by atoms with van der Waals surface area (Å²) in [6.45, 7) is 0.518. The first-order valence-corrected chi connectivity index (χ1v) is 11.3. The number of fused-ring (bicyclic) bond motifs is 1. The molecule has 0 bridgehead atoms. The van der Waals surface area contributed by atoms with Crippen molar-refractivity contribution in [3.63, 3.8) is 0 Å². The predicted octanol–water partition coefficient (Wildman–Crippen LogP) is 2.54. The summed E-state index contributed by atoms with van der Waals surface area (Å²) in [7, 11) is -3.27. The predicted molar refractivity (Wildman–Crippen MR) is 107 cm³/mol. The van der Waals surface area contributed by atoms with Crippen LogP contribution in [0.2, 0.25) is 5.02 Å². The molecule has 0 spiro atoms. The average molecular weight is 423 g/mol. The van der Waals surface area contributed by atoms with E-state index < -0.39 is 15.9 Å². The molecule has 5 nitrogen and oxygen atoms in total. The Kier molecular flexibility index (Phi) is 5.16. The minimum Gasteiger partial charge on any atom is -0.306 e. The summed E-state index contributed by atoms with van der Waals surface area (Å²) in [6.07, 6.45) is 0.417. The molecule has 0 radical (unpaired) electrons. The molecule has 4 rings (SSSR count). The van der Waals surface area contributed by atoms with Crippen LogP contribution in [0.25, 0.3) is 0 Å². The van der Waals surface area contributed by atoms with Gasteiger partial charge in [-0.25, -0.2) is 12.8 Å². The molecule has 2 heterocycles. The number of sulfone groups is 1. The third kappa shape index (κ3) is 3.79. The molecular formula is C20H20ClFN2O3S. The minimum atomic E-state index is -3.27. The Hall–Kier alpha value is -1.96. The Labute approximate surface area is 168 Å². The van der Waals surface area contributed by atoms with Crippen LogP contribution in [0.15, 0.2) is 48.5 Å². The van der Waals surface area contributed by atoms with Crippen LogP contribution in [-0.4, -0.2) is 55.9 Å². The lowest BCUT2D eigenvalue weighted by Crippen LogP contribution is -2.62. The van der Waals surface area contributed by atoms with Crippen molar-refractivity contribution in [1.82, 2.24) is 4.90 Å². The van der Waals surface area contributed by atoms with Gasteiger partial charge in [-0.15, -0.1) is 0 Å². The van der Waals surface area contributed by atoms with Gasteiger partial charge in [-0.2, -0.15) is 0 Å². The second-order valence-corrected chi connectivity index (χ2v) is 9.86. The zero-order valence-corrected chi connectivity index (χ0v) is 16.7. The van der Waals surface area contributed by atoms with Gasteiger partial charge in [0, 0.05) is 23.3 Å². The summed E-state index contributed by atoms with van der Waals surface area (Å²) in [5.74, 6) is -0.540. The molecular weight excluding hydrogens is 403 g/mol.